The number of anilines is 1. The SMILES string of the molecule is CCN(CCC(O)c1ccc(Br)cc1)c1ccc(C)cc1. The van der Waals surface area contributed by atoms with Crippen molar-refractivity contribution in [1.29, 1.82) is 0 Å². The van der Waals surface area contributed by atoms with Crippen LogP contribution in [-0.4, -0.2) is 18.2 Å². The molecule has 0 bridgehead atoms. The molecule has 1 atom stereocenters. The molecule has 2 aromatic carbocycles. The minimum absolute atomic E-state index is 0.419. The lowest BCUT2D eigenvalue weighted by Gasteiger charge is -2.24. The second kappa shape index (κ2) is 7.62. The molecular weight excluding hydrogens is 326 g/mol. The summed E-state index contributed by atoms with van der Waals surface area (Å²) in [6.45, 7) is 6.02. The fourth-order valence-electron chi connectivity index (χ4n) is 2.36. The molecule has 0 aromatic heterocycles. The molecule has 0 fully saturated rings. The van der Waals surface area contributed by atoms with Gasteiger partial charge in [0.05, 0.1) is 6.10 Å². The van der Waals surface area contributed by atoms with Gasteiger partial charge in [-0.3, -0.25) is 0 Å². The number of aliphatic hydroxyl groups excluding tert-OH is 1. The first-order valence-electron chi connectivity index (χ1n) is 7.35. The average molecular weight is 348 g/mol. The summed E-state index contributed by atoms with van der Waals surface area (Å²) in [5, 5.41) is 10.3. The molecule has 2 aromatic rings. The zero-order chi connectivity index (χ0) is 15.2. The lowest BCUT2D eigenvalue weighted by atomic mass is 10.1. The number of benzene rings is 2. The number of aliphatic hydroxyl groups is 1. The summed E-state index contributed by atoms with van der Waals surface area (Å²) in [6, 6.07) is 16.4. The van der Waals surface area contributed by atoms with Crippen LogP contribution in [0.25, 0.3) is 0 Å². The summed E-state index contributed by atoms with van der Waals surface area (Å²) < 4.78 is 1.04. The Morgan fingerprint density at radius 2 is 1.67 bits per heavy atom. The fraction of sp³-hybridized carbons (Fsp3) is 0.333. The standard InChI is InChI=1S/C18H22BrNO/c1-3-20(17-10-4-14(2)5-11-17)13-12-18(21)15-6-8-16(19)9-7-15/h4-11,18,21H,3,12-13H2,1-2H3. The molecule has 0 aliphatic rings. The quantitative estimate of drug-likeness (QED) is 0.817. The van der Waals surface area contributed by atoms with Crippen molar-refractivity contribution < 1.29 is 5.11 Å². The van der Waals surface area contributed by atoms with E-state index in [4.69, 9.17) is 0 Å². The van der Waals surface area contributed by atoms with E-state index in [9.17, 15) is 5.11 Å². The first-order valence-corrected chi connectivity index (χ1v) is 8.14. The Morgan fingerprint density at radius 1 is 1.05 bits per heavy atom. The van der Waals surface area contributed by atoms with Gasteiger partial charge in [-0.05, 0) is 50.1 Å². The molecule has 0 amide bonds. The molecular formula is C18H22BrNO. The second-order valence-corrected chi connectivity index (χ2v) is 6.19. The highest BCUT2D eigenvalue weighted by atomic mass is 79.9. The lowest BCUT2D eigenvalue weighted by molar-refractivity contribution is 0.169. The van der Waals surface area contributed by atoms with Gasteiger partial charge in [-0.15, -0.1) is 0 Å². The molecule has 0 saturated carbocycles. The van der Waals surface area contributed by atoms with Crippen molar-refractivity contribution in [3.63, 3.8) is 0 Å². The fourth-order valence-corrected chi connectivity index (χ4v) is 2.62. The summed E-state index contributed by atoms with van der Waals surface area (Å²) in [5.74, 6) is 0. The maximum Gasteiger partial charge on any atom is 0.0806 e. The van der Waals surface area contributed by atoms with Gasteiger partial charge in [-0.25, -0.2) is 0 Å². The molecule has 1 unspecified atom stereocenters. The molecule has 0 aliphatic carbocycles. The van der Waals surface area contributed by atoms with Crippen LogP contribution in [0, 0.1) is 6.92 Å². The van der Waals surface area contributed by atoms with E-state index in [2.05, 4.69) is 58.9 Å². The number of halogens is 1. The Hall–Kier alpha value is -1.32. The van der Waals surface area contributed by atoms with Gasteiger partial charge >= 0.3 is 0 Å². The van der Waals surface area contributed by atoms with Crippen LogP contribution in [0.15, 0.2) is 53.0 Å². The van der Waals surface area contributed by atoms with E-state index < -0.39 is 6.10 Å². The summed E-state index contributed by atoms with van der Waals surface area (Å²) in [4.78, 5) is 2.29. The highest BCUT2D eigenvalue weighted by molar-refractivity contribution is 9.10. The van der Waals surface area contributed by atoms with E-state index >= 15 is 0 Å². The summed E-state index contributed by atoms with van der Waals surface area (Å²) in [6.07, 6.45) is 0.307. The van der Waals surface area contributed by atoms with Gasteiger partial charge in [-0.1, -0.05) is 45.8 Å². The largest absolute Gasteiger partial charge is 0.388 e. The molecule has 0 aliphatic heterocycles. The minimum atomic E-state index is -0.419. The number of rotatable bonds is 6. The predicted molar refractivity (Wildman–Crippen MR) is 92.8 cm³/mol. The smallest absolute Gasteiger partial charge is 0.0806 e. The van der Waals surface area contributed by atoms with E-state index in [1.807, 2.05) is 24.3 Å². The second-order valence-electron chi connectivity index (χ2n) is 5.27. The number of aryl methyl sites for hydroxylation is 1. The molecule has 3 heteroatoms. The van der Waals surface area contributed by atoms with Crippen LogP contribution in [0.2, 0.25) is 0 Å². The van der Waals surface area contributed by atoms with Gasteiger partial charge < -0.3 is 10.0 Å². The summed E-state index contributed by atoms with van der Waals surface area (Å²) in [5.41, 5.74) is 3.45. The Labute approximate surface area is 135 Å². The van der Waals surface area contributed by atoms with Crippen LogP contribution < -0.4 is 4.90 Å². The Morgan fingerprint density at radius 3 is 2.24 bits per heavy atom. The summed E-state index contributed by atoms with van der Waals surface area (Å²) >= 11 is 3.41. The molecule has 112 valence electrons. The van der Waals surface area contributed by atoms with E-state index in [0.29, 0.717) is 0 Å². The Bertz CT molecular complexity index is 550. The van der Waals surface area contributed by atoms with E-state index in [0.717, 1.165) is 29.5 Å². The van der Waals surface area contributed by atoms with Gasteiger partial charge in [0.15, 0.2) is 0 Å². The van der Waals surface area contributed by atoms with Gasteiger partial charge in [0.2, 0.25) is 0 Å². The maximum atomic E-state index is 10.3. The van der Waals surface area contributed by atoms with Crippen molar-refractivity contribution in [2.75, 3.05) is 18.0 Å². The van der Waals surface area contributed by atoms with E-state index in [1.54, 1.807) is 0 Å². The zero-order valence-corrected chi connectivity index (χ0v) is 14.2. The Kier molecular flexibility index (Phi) is 5.83. The summed E-state index contributed by atoms with van der Waals surface area (Å²) in [7, 11) is 0. The number of hydrogen-bond donors (Lipinski definition) is 1. The van der Waals surface area contributed by atoms with Gasteiger partial charge in [0, 0.05) is 23.2 Å². The van der Waals surface area contributed by atoms with Crippen LogP contribution in [0.5, 0.6) is 0 Å². The molecule has 2 nitrogen and oxygen atoms in total. The number of hydrogen-bond acceptors (Lipinski definition) is 2. The van der Waals surface area contributed by atoms with Crippen molar-refractivity contribution in [1.82, 2.24) is 0 Å². The van der Waals surface area contributed by atoms with Gasteiger partial charge in [0.1, 0.15) is 0 Å². The molecule has 21 heavy (non-hydrogen) atoms. The van der Waals surface area contributed by atoms with Crippen molar-refractivity contribution in [3.8, 4) is 0 Å². The lowest BCUT2D eigenvalue weighted by Crippen LogP contribution is -2.25. The monoisotopic (exact) mass is 347 g/mol. The van der Waals surface area contributed by atoms with Gasteiger partial charge in [0.25, 0.3) is 0 Å². The van der Waals surface area contributed by atoms with Crippen molar-refractivity contribution >= 4 is 21.6 Å². The predicted octanol–water partition coefficient (Wildman–Crippen LogP) is 4.71. The third-order valence-electron chi connectivity index (χ3n) is 3.71. The average Bonchev–Trinajstić information content (AvgIpc) is 2.50. The first-order chi connectivity index (χ1) is 10.1. The molecule has 0 saturated heterocycles. The van der Waals surface area contributed by atoms with Crippen molar-refractivity contribution in [2.45, 2.75) is 26.4 Å². The molecule has 2 rings (SSSR count). The van der Waals surface area contributed by atoms with E-state index in [-0.39, 0.29) is 0 Å². The Balaban J connectivity index is 1.96. The third kappa shape index (κ3) is 4.58. The van der Waals surface area contributed by atoms with Crippen LogP contribution in [0.3, 0.4) is 0 Å². The highest BCUT2D eigenvalue weighted by Gasteiger charge is 2.10. The first kappa shape index (κ1) is 16.1. The molecule has 0 heterocycles. The van der Waals surface area contributed by atoms with Crippen LogP contribution in [-0.2, 0) is 0 Å². The number of nitrogens with zero attached hydrogens (tertiary/aromatic N) is 1. The van der Waals surface area contributed by atoms with Gasteiger partial charge in [-0.2, -0.15) is 0 Å². The van der Waals surface area contributed by atoms with Crippen LogP contribution in [0.4, 0.5) is 5.69 Å². The maximum absolute atomic E-state index is 10.3. The van der Waals surface area contributed by atoms with Crippen LogP contribution in [0.1, 0.15) is 30.6 Å². The van der Waals surface area contributed by atoms with Crippen molar-refractivity contribution in [2.24, 2.45) is 0 Å². The molecule has 0 radical (unpaired) electrons. The molecule has 1 N–H and O–H groups in total. The van der Waals surface area contributed by atoms with Crippen molar-refractivity contribution in [3.05, 3.63) is 64.1 Å². The van der Waals surface area contributed by atoms with E-state index in [1.165, 1.54) is 11.3 Å². The normalized spacial score (nSPS) is 12.2. The topological polar surface area (TPSA) is 23.5 Å². The zero-order valence-electron chi connectivity index (χ0n) is 12.6. The highest BCUT2D eigenvalue weighted by Crippen LogP contribution is 2.22. The third-order valence-corrected chi connectivity index (χ3v) is 4.24. The minimum Gasteiger partial charge on any atom is -0.388 e. The van der Waals surface area contributed by atoms with Crippen LogP contribution >= 0.6 is 15.9 Å². The molecule has 0 spiro atoms.